The molecule has 1 aliphatic rings. The summed E-state index contributed by atoms with van der Waals surface area (Å²) in [5.74, 6) is 1.48. The van der Waals surface area contributed by atoms with Crippen LogP contribution in [0.5, 0.6) is 11.5 Å². The minimum Gasteiger partial charge on any atom is -0.497 e. The zero-order valence-electron chi connectivity index (χ0n) is 14.6. The summed E-state index contributed by atoms with van der Waals surface area (Å²) in [5, 5.41) is 2.96. The van der Waals surface area contributed by atoms with Crippen LogP contribution < -0.4 is 14.8 Å². The zero-order valence-corrected chi connectivity index (χ0v) is 14.6. The molecule has 1 N–H and O–H groups in total. The second-order valence-corrected chi connectivity index (χ2v) is 5.94. The number of hydrogen-bond donors (Lipinski definition) is 1. The average Bonchev–Trinajstić information content (AvgIpc) is 3.16. The van der Waals surface area contributed by atoms with Gasteiger partial charge in [-0.05, 0) is 37.1 Å². The van der Waals surface area contributed by atoms with Crippen LogP contribution in [0.1, 0.15) is 30.1 Å². The number of benzene rings is 1. The minimum atomic E-state index is -0.0778. The molecule has 2 heterocycles. The first-order chi connectivity index (χ1) is 12.2. The number of ether oxygens (including phenoxy) is 2. The molecule has 1 aromatic carbocycles. The van der Waals surface area contributed by atoms with Crippen LogP contribution >= 0.6 is 0 Å². The van der Waals surface area contributed by atoms with Crippen LogP contribution in [0.4, 0.5) is 4.79 Å². The number of rotatable bonds is 5. The second-order valence-electron chi connectivity index (χ2n) is 5.94. The van der Waals surface area contributed by atoms with Crippen molar-refractivity contribution in [3.63, 3.8) is 0 Å². The summed E-state index contributed by atoms with van der Waals surface area (Å²) in [4.78, 5) is 18.7. The summed E-state index contributed by atoms with van der Waals surface area (Å²) in [6.45, 7) is 1.15. The van der Waals surface area contributed by atoms with Gasteiger partial charge in [0, 0.05) is 24.4 Å². The van der Waals surface area contributed by atoms with E-state index in [1.807, 2.05) is 41.3 Å². The van der Waals surface area contributed by atoms with E-state index in [2.05, 4.69) is 10.3 Å². The molecule has 1 saturated heterocycles. The van der Waals surface area contributed by atoms with Gasteiger partial charge in [0.2, 0.25) is 0 Å². The standard InChI is InChI=1S/C19H23N3O3/c1-24-15-8-9-16(18(12-15)25-2)17-7-5-11-22(17)19(23)21-13-14-6-3-4-10-20-14/h3-4,6,8-10,12,17H,5,7,11,13H2,1-2H3,(H,21,23). The maximum absolute atomic E-state index is 12.6. The smallest absolute Gasteiger partial charge is 0.318 e. The third-order valence-electron chi connectivity index (χ3n) is 4.46. The first-order valence-electron chi connectivity index (χ1n) is 8.39. The minimum absolute atomic E-state index is 0.00425. The SMILES string of the molecule is COc1ccc(C2CCCN2C(=O)NCc2ccccn2)c(OC)c1. The fraction of sp³-hybridized carbons (Fsp3) is 0.368. The molecule has 1 fully saturated rings. The second kappa shape index (κ2) is 7.88. The highest BCUT2D eigenvalue weighted by molar-refractivity contribution is 5.75. The van der Waals surface area contributed by atoms with Crippen molar-refractivity contribution in [2.45, 2.75) is 25.4 Å². The van der Waals surface area contributed by atoms with Crippen LogP contribution in [-0.2, 0) is 6.54 Å². The highest BCUT2D eigenvalue weighted by atomic mass is 16.5. The van der Waals surface area contributed by atoms with E-state index in [-0.39, 0.29) is 12.1 Å². The van der Waals surface area contributed by atoms with Gasteiger partial charge >= 0.3 is 6.03 Å². The van der Waals surface area contributed by atoms with Crippen molar-refractivity contribution in [2.75, 3.05) is 20.8 Å². The van der Waals surface area contributed by atoms with Crippen LogP contribution in [0.15, 0.2) is 42.6 Å². The lowest BCUT2D eigenvalue weighted by Gasteiger charge is -2.26. The molecule has 0 radical (unpaired) electrons. The molecule has 1 aromatic heterocycles. The van der Waals surface area contributed by atoms with E-state index < -0.39 is 0 Å². The molecule has 0 aliphatic carbocycles. The van der Waals surface area contributed by atoms with Gasteiger partial charge in [-0.1, -0.05) is 6.07 Å². The maximum atomic E-state index is 12.6. The Balaban J connectivity index is 1.73. The molecule has 6 nitrogen and oxygen atoms in total. The van der Waals surface area contributed by atoms with E-state index >= 15 is 0 Å². The fourth-order valence-electron chi connectivity index (χ4n) is 3.20. The number of carbonyl (C=O) groups is 1. The highest BCUT2D eigenvalue weighted by Gasteiger charge is 2.31. The van der Waals surface area contributed by atoms with Crippen molar-refractivity contribution in [1.29, 1.82) is 0 Å². The van der Waals surface area contributed by atoms with Gasteiger partial charge in [-0.15, -0.1) is 0 Å². The number of nitrogens with zero attached hydrogens (tertiary/aromatic N) is 2. The Bertz CT molecular complexity index is 721. The molecule has 6 heteroatoms. The summed E-state index contributed by atoms with van der Waals surface area (Å²) < 4.78 is 10.8. The molecule has 0 bridgehead atoms. The molecule has 25 heavy (non-hydrogen) atoms. The van der Waals surface area contributed by atoms with Gasteiger partial charge in [0.05, 0.1) is 32.5 Å². The number of carbonyl (C=O) groups excluding carboxylic acids is 1. The van der Waals surface area contributed by atoms with E-state index in [1.165, 1.54) is 0 Å². The van der Waals surface area contributed by atoms with E-state index in [1.54, 1.807) is 20.4 Å². The normalized spacial score (nSPS) is 16.6. The number of aromatic nitrogens is 1. The van der Waals surface area contributed by atoms with Gasteiger partial charge in [-0.2, -0.15) is 0 Å². The van der Waals surface area contributed by atoms with Crippen LogP contribution in [0.2, 0.25) is 0 Å². The molecule has 1 aliphatic heterocycles. The van der Waals surface area contributed by atoms with Gasteiger partial charge in [0.1, 0.15) is 11.5 Å². The number of hydrogen-bond acceptors (Lipinski definition) is 4. The van der Waals surface area contributed by atoms with Crippen molar-refractivity contribution in [2.24, 2.45) is 0 Å². The lowest BCUT2D eigenvalue weighted by Crippen LogP contribution is -2.39. The lowest BCUT2D eigenvalue weighted by atomic mass is 10.0. The Hall–Kier alpha value is -2.76. The van der Waals surface area contributed by atoms with Crippen molar-refractivity contribution in [1.82, 2.24) is 15.2 Å². The molecule has 1 atom stereocenters. The lowest BCUT2D eigenvalue weighted by molar-refractivity contribution is 0.191. The zero-order chi connectivity index (χ0) is 17.6. The summed E-state index contributed by atoms with van der Waals surface area (Å²) in [7, 11) is 3.26. The van der Waals surface area contributed by atoms with Crippen LogP contribution in [0.25, 0.3) is 0 Å². The topological polar surface area (TPSA) is 63.7 Å². The average molecular weight is 341 g/mol. The Labute approximate surface area is 147 Å². The van der Waals surface area contributed by atoms with E-state index in [0.29, 0.717) is 6.54 Å². The van der Waals surface area contributed by atoms with Crippen LogP contribution in [0.3, 0.4) is 0 Å². The quantitative estimate of drug-likeness (QED) is 0.907. The van der Waals surface area contributed by atoms with Gasteiger partial charge in [0.25, 0.3) is 0 Å². The van der Waals surface area contributed by atoms with E-state index in [9.17, 15) is 4.79 Å². The van der Waals surface area contributed by atoms with Crippen molar-refractivity contribution in [3.8, 4) is 11.5 Å². The van der Waals surface area contributed by atoms with E-state index in [0.717, 1.165) is 42.1 Å². The molecule has 3 rings (SSSR count). The fourth-order valence-corrected chi connectivity index (χ4v) is 3.20. The van der Waals surface area contributed by atoms with Gasteiger partial charge in [-0.3, -0.25) is 4.98 Å². The largest absolute Gasteiger partial charge is 0.497 e. The predicted molar refractivity (Wildman–Crippen MR) is 94.7 cm³/mol. The summed E-state index contributed by atoms with van der Waals surface area (Å²) in [6.07, 6.45) is 3.61. The van der Waals surface area contributed by atoms with Crippen LogP contribution in [0, 0.1) is 0 Å². The summed E-state index contributed by atoms with van der Waals surface area (Å²) >= 11 is 0. The highest BCUT2D eigenvalue weighted by Crippen LogP contribution is 2.38. The van der Waals surface area contributed by atoms with Gasteiger partial charge in [-0.25, -0.2) is 4.79 Å². The van der Waals surface area contributed by atoms with Crippen molar-refractivity contribution in [3.05, 3.63) is 53.9 Å². The maximum Gasteiger partial charge on any atom is 0.318 e. The monoisotopic (exact) mass is 341 g/mol. The predicted octanol–water partition coefficient (Wildman–Crippen LogP) is 3.15. The number of amides is 2. The molecule has 0 saturated carbocycles. The number of nitrogens with one attached hydrogen (secondary N) is 1. The molecule has 1 unspecified atom stereocenters. The third kappa shape index (κ3) is 3.84. The first-order valence-corrected chi connectivity index (χ1v) is 8.39. The summed E-state index contributed by atoms with van der Waals surface area (Å²) in [6, 6.07) is 11.3. The third-order valence-corrected chi connectivity index (χ3v) is 4.46. The Morgan fingerprint density at radius 2 is 2.16 bits per heavy atom. The Morgan fingerprint density at radius 3 is 2.88 bits per heavy atom. The molecule has 0 spiro atoms. The van der Waals surface area contributed by atoms with E-state index in [4.69, 9.17) is 9.47 Å². The molecule has 2 aromatic rings. The van der Waals surface area contributed by atoms with Gasteiger partial charge < -0.3 is 19.7 Å². The van der Waals surface area contributed by atoms with Crippen molar-refractivity contribution < 1.29 is 14.3 Å². The summed E-state index contributed by atoms with van der Waals surface area (Å²) in [5.41, 5.74) is 1.85. The Morgan fingerprint density at radius 1 is 1.28 bits per heavy atom. The molecular formula is C19H23N3O3. The van der Waals surface area contributed by atoms with Gasteiger partial charge in [0.15, 0.2) is 0 Å². The number of likely N-dealkylation sites (tertiary alicyclic amines) is 1. The molecular weight excluding hydrogens is 318 g/mol. The Kier molecular flexibility index (Phi) is 5.38. The molecule has 132 valence electrons. The number of pyridine rings is 1. The number of methoxy groups -OCH3 is 2. The number of urea groups is 1. The van der Waals surface area contributed by atoms with Crippen LogP contribution in [-0.4, -0.2) is 36.7 Å². The first kappa shape index (κ1) is 17.1. The van der Waals surface area contributed by atoms with Crippen molar-refractivity contribution >= 4 is 6.03 Å². The molecule has 2 amide bonds.